The minimum Gasteiger partial charge on any atom is -0.497 e. The van der Waals surface area contributed by atoms with Crippen molar-refractivity contribution in [2.75, 3.05) is 12.4 Å². The third-order valence-corrected chi connectivity index (χ3v) is 3.49. The molecule has 0 saturated heterocycles. The van der Waals surface area contributed by atoms with Crippen molar-refractivity contribution in [3.63, 3.8) is 0 Å². The van der Waals surface area contributed by atoms with Gasteiger partial charge < -0.3 is 10.1 Å². The van der Waals surface area contributed by atoms with E-state index < -0.39 is 12.0 Å². The third kappa shape index (κ3) is 3.12. The van der Waals surface area contributed by atoms with E-state index in [-0.39, 0.29) is 5.56 Å². The number of nitriles is 1. The topological polar surface area (TPSA) is 45.0 Å². The molecule has 2 aromatic carbocycles. The highest BCUT2D eigenvalue weighted by atomic mass is 35.5. The average molecular weight is 323 g/mol. The molecule has 0 unspecified atom stereocenters. The van der Waals surface area contributed by atoms with Crippen LogP contribution in [0.5, 0.6) is 5.75 Å². The zero-order valence-electron chi connectivity index (χ0n) is 11.7. The largest absolute Gasteiger partial charge is 0.497 e. The normalized spacial score (nSPS) is 13.3. The molecule has 0 amide bonds. The molecule has 2 aromatic rings. The fraction of sp³-hybridized carbons (Fsp3) is 0.188. The van der Waals surface area contributed by atoms with Gasteiger partial charge >= 0.3 is 0 Å². The molecule has 1 N–H and O–H groups in total. The van der Waals surface area contributed by atoms with Gasteiger partial charge in [0.15, 0.2) is 0 Å². The molecule has 0 bridgehead atoms. The van der Waals surface area contributed by atoms with Gasteiger partial charge in [-0.2, -0.15) is 5.26 Å². The van der Waals surface area contributed by atoms with Gasteiger partial charge in [0.1, 0.15) is 11.8 Å². The van der Waals surface area contributed by atoms with Crippen LogP contribution in [0, 0.1) is 11.3 Å². The maximum atomic E-state index is 13.6. The predicted octanol–water partition coefficient (Wildman–Crippen LogP) is 4.44. The molecule has 0 aliphatic heterocycles. The van der Waals surface area contributed by atoms with Crippen LogP contribution in [0.15, 0.2) is 48.5 Å². The molecule has 0 radical (unpaired) electrons. The minimum atomic E-state index is -2.93. The first-order valence-electron chi connectivity index (χ1n) is 6.39. The number of methoxy groups -OCH3 is 1. The lowest BCUT2D eigenvalue weighted by molar-refractivity contribution is 0.0928. The van der Waals surface area contributed by atoms with Crippen LogP contribution in [0.1, 0.15) is 5.56 Å². The van der Waals surface area contributed by atoms with E-state index in [0.29, 0.717) is 16.5 Å². The van der Waals surface area contributed by atoms with Crippen molar-refractivity contribution in [3.8, 4) is 11.8 Å². The first kappa shape index (κ1) is 16.1. The summed E-state index contributed by atoms with van der Waals surface area (Å²) in [4.78, 5) is 0. The molecular weight excluding hydrogens is 310 g/mol. The lowest BCUT2D eigenvalue weighted by Gasteiger charge is -2.28. The van der Waals surface area contributed by atoms with E-state index in [1.54, 1.807) is 30.3 Å². The lowest BCUT2D eigenvalue weighted by atomic mass is 9.91. The SMILES string of the molecule is COc1ccc(N[C@@](C#N)(c2ccc(Cl)cc2)C(F)F)cc1. The third-order valence-electron chi connectivity index (χ3n) is 3.23. The fourth-order valence-corrected chi connectivity index (χ4v) is 2.13. The summed E-state index contributed by atoms with van der Waals surface area (Å²) < 4.78 is 32.3. The van der Waals surface area contributed by atoms with Gasteiger partial charge in [-0.25, -0.2) is 8.78 Å². The first-order valence-corrected chi connectivity index (χ1v) is 6.77. The Bertz CT molecular complexity index is 668. The number of benzene rings is 2. The molecule has 114 valence electrons. The van der Waals surface area contributed by atoms with E-state index in [4.69, 9.17) is 16.3 Å². The van der Waals surface area contributed by atoms with E-state index in [9.17, 15) is 14.0 Å². The Balaban J connectivity index is 2.41. The lowest BCUT2D eigenvalue weighted by Crippen LogP contribution is -2.41. The molecule has 1 atom stereocenters. The summed E-state index contributed by atoms with van der Waals surface area (Å²) >= 11 is 5.77. The second kappa shape index (κ2) is 6.63. The van der Waals surface area contributed by atoms with Crippen LogP contribution in [0.25, 0.3) is 0 Å². The van der Waals surface area contributed by atoms with Gasteiger partial charge in [0.25, 0.3) is 6.43 Å². The second-order valence-electron chi connectivity index (χ2n) is 4.58. The molecule has 3 nitrogen and oxygen atoms in total. The highest BCUT2D eigenvalue weighted by Crippen LogP contribution is 2.33. The summed E-state index contributed by atoms with van der Waals surface area (Å²) in [5.41, 5.74) is -1.62. The van der Waals surface area contributed by atoms with Crippen LogP contribution < -0.4 is 10.1 Å². The number of alkyl halides is 2. The summed E-state index contributed by atoms with van der Waals surface area (Å²) in [7, 11) is 1.51. The molecule has 0 saturated carbocycles. The molecule has 22 heavy (non-hydrogen) atoms. The molecule has 0 heterocycles. The van der Waals surface area contributed by atoms with Crippen LogP contribution in [-0.2, 0) is 5.54 Å². The van der Waals surface area contributed by atoms with Gasteiger partial charge in [0.05, 0.1) is 7.11 Å². The Labute approximate surface area is 132 Å². The minimum absolute atomic E-state index is 0.144. The van der Waals surface area contributed by atoms with Crippen molar-refractivity contribution < 1.29 is 13.5 Å². The molecule has 0 aromatic heterocycles. The number of hydrogen-bond acceptors (Lipinski definition) is 3. The Hall–Kier alpha value is -2.32. The summed E-state index contributed by atoms with van der Waals surface area (Å²) in [6.45, 7) is 0. The molecule has 0 spiro atoms. The van der Waals surface area contributed by atoms with E-state index >= 15 is 0 Å². The number of nitrogens with one attached hydrogen (secondary N) is 1. The molecular formula is C16H13ClF2N2O. The van der Waals surface area contributed by atoms with Crippen LogP contribution in [0.2, 0.25) is 5.02 Å². The van der Waals surface area contributed by atoms with Gasteiger partial charge in [-0.1, -0.05) is 23.7 Å². The standard InChI is InChI=1S/C16H13ClF2N2O/c1-22-14-8-6-13(7-9-14)21-16(10-20,15(18)19)11-2-4-12(17)5-3-11/h2-9,15,21H,1H3/t16-/m0/s1. The summed E-state index contributed by atoms with van der Waals surface area (Å²) in [6, 6.07) is 13.9. The molecule has 2 rings (SSSR count). The molecule has 0 fully saturated rings. The highest BCUT2D eigenvalue weighted by molar-refractivity contribution is 6.30. The van der Waals surface area contributed by atoms with Gasteiger partial charge in [-0.15, -0.1) is 0 Å². The van der Waals surface area contributed by atoms with Crippen LogP contribution in [0.3, 0.4) is 0 Å². The van der Waals surface area contributed by atoms with Gasteiger partial charge in [-0.05, 0) is 42.0 Å². The Kier molecular flexibility index (Phi) is 4.84. The molecule has 0 aliphatic carbocycles. The van der Waals surface area contributed by atoms with Gasteiger partial charge in [0.2, 0.25) is 5.54 Å². The number of rotatable bonds is 5. The van der Waals surface area contributed by atoms with E-state index in [1.807, 2.05) is 0 Å². The highest BCUT2D eigenvalue weighted by Gasteiger charge is 2.42. The number of anilines is 1. The summed E-state index contributed by atoms with van der Waals surface area (Å²) in [5, 5.41) is 12.4. The van der Waals surface area contributed by atoms with Gasteiger partial charge in [-0.3, -0.25) is 0 Å². The van der Waals surface area contributed by atoms with Crippen molar-refractivity contribution in [3.05, 3.63) is 59.1 Å². The maximum Gasteiger partial charge on any atom is 0.278 e. The Morgan fingerprint density at radius 3 is 2.18 bits per heavy atom. The zero-order valence-corrected chi connectivity index (χ0v) is 12.4. The van der Waals surface area contributed by atoms with E-state index in [2.05, 4.69) is 5.32 Å². The van der Waals surface area contributed by atoms with E-state index in [1.165, 1.54) is 31.4 Å². The average Bonchev–Trinajstić information content (AvgIpc) is 2.54. The van der Waals surface area contributed by atoms with Crippen LogP contribution >= 0.6 is 11.6 Å². The smallest absolute Gasteiger partial charge is 0.278 e. The second-order valence-corrected chi connectivity index (χ2v) is 5.02. The fourth-order valence-electron chi connectivity index (χ4n) is 2.01. The number of ether oxygens (including phenoxy) is 1. The van der Waals surface area contributed by atoms with Crippen molar-refractivity contribution in [1.82, 2.24) is 0 Å². The monoisotopic (exact) mass is 322 g/mol. The Morgan fingerprint density at radius 1 is 1.14 bits per heavy atom. The van der Waals surface area contributed by atoms with Crippen molar-refractivity contribution in [2.24, 2.45) is 0 Å². The first-order chi connectivity index (χ1) is 10.5. The number of nitrogens with zero attached hydrogens (tertiary/aromatic N) is 1. The van der Waals surface area contributed by atoms with Crippen molar-refractivity contribution in [1.29, 1.82) is 5.26 Å². The predicted molar refractivity (Wildman–Crippen MR) is 81.4 cm³/mol. The number of hydrogen-bond donors (Lipinski definition) is 1. The van der Waals surface area contributed by atoms with Gasteiger partial charge in [0, 0.05) is 10.7 Å². The van der Waals surface area contributed by atoms with Crippen molar-refractivity contribution in [2.45, 2.75) is 12.0 Å². The number of halogens is 3. The van der Waals surface area contributed by atoms with Crippen LogP contribution in [0.4, 0.5) is 14.5 Å². The maximum absolute atomic E-state index is 13.6. The quantitative estimate of drug-likeness (QED) is 0.884. The summed E-state index contributed by atoms with van der Waals surface area (Å²) in [5.74, 6) is 0.594. The van der Waals surface area contributed by atoms with E-state index in [0.717, 1.165) is 0 Å². The summed E-state index contributed by atoms with van der Waals surface area (Å²) in [6.07, 6.45) is -2.93. The van der Waals surface area contributed by atoms with Crippen LogP contribution in [-0.4, -0.2) is 13.5 Å². The van der Waals surface area contributed by atoms with Crippen molar-refractivity contribution >= 4 is 17.3 Å². The molecule has 6 heteroatoms. The molecule has 0 aliphatic rings. The Morgan fingerprint density at radius 2 is 1.73 bits per heavy atom. The zero-order chi connectivity index (χ0) is 16.2.